The molecule has 3 aromatic heterocycles. The largest absolute Gasteiger partial charge is 0.472 e. The smallest absolute Gasteiger partial charge is 0.368 e. The molecule has 3 aromatic rings. The normalized spacial score (nSPS) is 11.5. The van der Waals surface area contributed by atoms with Crippen molar-refractivity contribution in [3.63, 3.8) is 0 Å². The highest BCUT2D eigenvalue weighted by Gasteiger charge is 2.12. The molecule has 0 aliphatic carbocycles. The second kappa shape index (κ2) is 4.69. The van der Waals surface area contributed by atoms with E-state index >= 15 is 0 Å². The van der Waals surface area contributed by atoms with E-state index in [0.29, 0.717) is 11.6 Å². The monoisotopic (exact) mass is 280 g/mol. The number of hydrogen-bond acceptors (Lipinski definition) is 6. The quantitative estimate of drug-likeness (QED) is 0.743. The summed E-state index contributed by atoms with van der Waals surface area (Å²) in [5, 5.41) is 15.9. The molecule has 3 rings (SSSR count). The summed E-state index contributed by atoms with van der Waals surface area (Å²) in [7, 11) is 1.54. The van der Waals surface area contributed by atoms with E-state index in [9.17, 15) is 4.79 Å². The van der Waals surface area contributed by atoms with Gasteiger partial charge in [0.25, 0.3) is 0 Å². The number of aromatic amines is 1. The van der Waals surface area contributed by atoms with Gasteiger partial charge in [-0.3, -0.25) is 5.09 Å². The average molecular weight is 280 g/mol. The predicted molar refractivity (Wildman–Crippen MR) is 67.4 cm³/mol. The molecule has 0 amide bonds. The number of H-pyrrole nitrogens is 1. The van der Waals surface area contributed by atoms with Crippen LogP contribution in [0.2, 0.25) is 1.41 Å². The summed E-state index contributed by atoms with van der Waals surface area (Å²) < 4.78 is 15.1. The van der Waals surface area contributed by atoms with Gasteiger partial charge in [0, 0.05) is 30.3 Å². The molecule has 0 radical (unpaired) electrons. The number of nitrogens with zero attached hydrogens (tertiary/aromatic N) is 5. The van der Waals surface area contributed by atoms with Crippen molar-refractivity contribution in [2.75, 3.05) is 0 Å². The Morgan fingerprint density at radius 2 is 2.42 bits per heavy atom. The first-order valence-corrected chi connectivity index (χ1v) is 6.31. The molecule has 9 heteroatoms. The molecule has 1 N–H and O–H groups in total. The van der Waals surface area contributed by atoms with Gasteiger partial charge in [0.15, 0.2) is 1.41 Å². The van der Waals surface area contributed by atoms with E-state index < -0.39 is 0 Å². The Morgan fingerprint density at radius 1 is 1.53 bits per heavy atom. The molecule has 0 aromatic carbocycles. The van der Waals surface area contributed by atoms with Crippen molar-refractivity contribution < 1.29 is 6.15 Å². The Bertz CT molecular complexity index is 788. The van der Waals surface area contributed by atoms with E-state index in [1.807, 2.05) is 5.38 Å². The fourth-order valence-corrected chi connectivity index (χ4v) is 2.33. The fraction of sp³-hybridized carbons (Fsp3) is 0.200. The summed E-state index contributed by atoms with van der Waals surface area (Å²) in [5.41, 5.74) is 1.12. The van der Waals surface area contributed by atoms with Crippen LogP contribution in [0.3, 0.4) is 0 Å². The zero-order valence-corrected chi connectivity index (χ0v) is 10.7. The predicted octanol–water partition coefficient (Wildman–Crippen LogP) is 0.330. The van der Waals surface area contributed by atoms with E-state index in [1.54, 1.807) is 11.4 Å². The summed E-state index contributed by atoms with van der Waals surface area (Å²) >= 11 is 1.44. The minimum atomic E-state index is -0.319. The molecular weight excluding hydrogens is 268 g/mol. The highest BCUT2D eigenvalue weighted by molar-refractivity contribution is 7.08. The van der Waals surface area contributed by atoms with Crippen LogP contribution >= 0.6 is 11.3 Å². The van der Waals surface area contributed by atoms with Crippen LogP contribution in [0.4, 0.5) is 0 Å². The minimum Gasteiger partial charge on any atom is -0.472 e. The van der Waals surface area contributed by atoms with E-state index in [0.717, 1.165) is 15.3 Å². The van der Waals surface area contributed by atoms with Crippen molar-refractivity contribution in [3.8, 4) is 11.6 Å². The van der Waals surface area contributed by atoms with Crippen molar-refractivity contribution >= 4 is 11.3 Å². The van der Waals surface area contributed by atoms with Gasteiger partial charge in [-0.2, -0.15) is 9.36 Å². The van der Waals surface area contributed by atoms with Gasteiger partial charge in [-0.1, -0.05) is 0 Å². The van der Waals surface area contributed by atoms with Gasteiger partial charge in [0.05, 0.1) is 5.69 Å². The van der Waals surface area contributed by atoms with E-state index in [1.165, 1.54) is 29.3 Å². The zero-order chi connectivity index (χ0) is 14.1. The van der Waals surface area contributed by atoms with Crippen LogP contribution in [0.15, 0.2) is 27.8 Å². The van der Waals surface area contributed by atoms with Crippen molar-refractivity contribution in [1.82, 2.24) is 30.0 Å². The van der Waals surface area contributed by atoms with Crippen LogP contribution in [-0.2, 0) is 13.7 Å². The molecule has 19 heavy (non-hydrogen) atoms. The number of hydrogen-bond donors (Lipinski definition) is 1. The molecule has 0 aliphatic rings. The average Bonchev–Trinajstić information content (AvgIpc) is 3.11. The highest BCUT2D eigenvalue weighted by Crippen LogP contribution is 2.19. The maximum absolute atomic E-state index is 11.8. The molecule has 3 heterocycles. The van der Waals surface area contributed by atoms with E-state index in [4.69, 9.17) is 6.15 Å². The van der Waals surface area contributed by atoms with Gasteiger partial charge >= 0.3 is 5.69 Å². The molecule has 0 atom stereocenters. The third-order valence-corrected chi connectivity index (χ3v) is 3.26. The van der Waals surface area contributed by atoms with E-state index in [-0.39, 0.29) is 12.3 Å². The summed E-state index contributed by atoms with van der Waals surface area (Å²) in [6, 6.07) is 1.59. The lowest BCUT2D eigenvalue weighted by Crippen LogP contribution is -2.22. The van der Waals surface area contributed by atoms with Crippen LogP contribution in [0.5, 0.6) is 5.88 Å². The van der Waals surface area contributed by atoms with Gasteiger partial charge < -0.3 is 4.74 Å². The van der Waals surface area contributed by atoms with Crippen LogP contribution in [-0.4, -0.2) is 30.0 Å². The number of aromatic nitrogens is 6. The summed E-state index contributed by atoms with van der Waals surface area (Å²) in [4.78, 5) is 11.8. The number of nitrogens with one attached hydrogen (secondary N) is 1. The fourth-order valence-electron chi connectivity index (χ4n) is 1.52. The first-order chi connectivity index (χ1) is 9.65. The number of tetrazole rings is 1. The second-order valence-corrected chi connectivity index (χ2v) is 4.48. The number of aryl methyl sites for hydroxylation is 1. The maximum atomic E-state index is 11.8. The van der Waals surface area contributed by atoms with Crippen molar-refractivity contribution in [1.29, 1.82) is 0 Å². The van der Waals surface area contributed by atoms with Crippen molar-refractivity contribution in [2.24, 2.45) is 7.05 Å². The molecule has 0 bridgehead atoms. The molecular formula is C10H10N6O2S. The van der Waals surface area contributed by atoms with Crippen LogP contribution in [0.25, 0.3) is 5.69 Å². The van der Waals surface area contributed by atoms with Gasteiger partial charge in [0.1, 0.15) is 6.61 Å². The van der Waals surface area contributed by atoms with Crippen LogP contribution in [0, 0.1) is 0 Å². The molecule has 0 spiro atoms. The lowest BCUT2D eigenvalue weighted by atomic mass is 10.3. The topological polar surface area (TPSA) is 90.6 Å². The first kappa shape index (κ1) is 10.5. The summed E-state index contributed by atoms with van der Waals surface area (Å²) in [6.45, 7) is 0.235. The van der Waals surface area contributed by atoms with Gasteiger partial charge in [-0.15, -0.1) is 16.4 Å². The van der Waals surface area contributed by atoms with Crippen LogP contribution in [0.1, 0.15) is 5.56 Å². The molecule has 0 fully saturated rings. The van der Waals surface area contributed by atoms with Crippen molar-refractivity contribution in [3.05, 3.63) is 39.1 Å². The zero-order valence-electron chi connectivity index (χ0n) is 10.9. The standard InChI is InChI=1S/C10H10N6O2S/c1-15-10(17)16(14-13-15)8-6-19-5-7(8)4-18-9-2-3-11-12-9/h2-3,5-6H,4H2,1H3,(H,11,12)/i/hT. The molecule has 8 nitrogen and oxygen atoms in total. The van der Waals surface area contributed by atoms with Gasteiger partial charge in [0.2, 0.25) is 5.88 Å². The summed E-state index contributed by atoms with van der Waals surface area (Å²) in [6.07, 6.45) is 1.47. The Kier molecular flexibility index (Phi) is 2.59. The molecule has 0 saturated carbocycles. The highest BCUT2D eigenvalue weighted by atomic mass is 32.1. The van der Waals surface area contributed by atoms with E-state index in [2.05, 4.69) is 15.5 Å². The van der Waals surface area contributed by atoms with Gasteiger partial charge in [-0.25, -0.2) is 4.79 Å². The second-order valence-electron chi connectivity index (χ2n) is 3.74. The third kappa shape index (κ3) is 2.15. The van der Waals surface area contributed by atoms with Crippen molar-refractivity contribution in [2.45, 2.75) is 6.61 Å². The minimum absolute atomic E-state index is 0.235. The number of rotatable bonds is 4. The number of ether oxygens (including phenoxy) is 1. The number of thiophene rings is 1. The Labute approximate surface area is 112 Å². The first-order valence-electron chi connectivity index (χ1n) is 5.82. The molecule has 0 unspecified atom stereocenters. The maximum Gasteiger partial charge on any atom is 0.368 e. The Balaban J connectivity index is 1.83. The van der Waals surface area contributed by atoms with Gasteiger partial charge in [-0.05, 0) is 15.8 Å². The third-order valence-electron chi connectivity index (χ3n) is 2.48. The molecule has 0 saturated heterocycles. The lowest BCUT2D eigenvalue weighted by molar-refractivity contribution is 0.293. The molecule has 98 valence electrons. The summed E-state index contributed by atoms with van der Waals surface area (Å²) in [5.74, 6) is 0.351. The lowest BCUT2D eigenvalue weighted by Gasteiger charge is -2.03. The van der Waals surface area contributed by atoms with Crippen LogP contribution < -0.4 is 10.4 Å². The SMILES string of the molecule is [3H]n1ccc(OCc2cscc2-n2nnn(C)c2=O)n1. The molecule has 0 aliphatic heterocycles. The Morgan fingerprint density at radius 3 is 3.11 bits per heavy atom. The Hall–Kier alpha value is -2.42.